The molecule has 0 saturated carbocycles. The van der Waals surface area contributed by atoms with E-state index in [0.29, 0.717) is 44.4 Å². The number of nitrogens with two attached hydrogens (primary N) is 1. The maximum absolute atomic E-state index is 8.98. The predicted octanol–water partition coefficient (Wildman–Crippen LogP) is 5.14. The molecule has 2 saturated heterocycles. The van der Waals surface area contributed by atoms with Gasteiger partial charge in [0.15, 0.2) is 0 Å². The summed E-state index contributed by atoms with van der Waals surface area (Å²) in [7, 11) is 1.68. The normalized spacial score (nSPS) is 18.3. The van der Waals surface area contributed by atoms with E-state index in [9.17, 15) is 0 Å². The topological polar surface area (TPSA) is 144 Å². The first-order valence-electron chi connectivity index (χ1n) is 18.0. The van der Waals surface area contributed by atoms with Crippen molar-refractivity contribution in [2.24, 2.45) is 5.73 Å². The van der Waals surface area contributed by atoms with Gasteiger partial charge in [0.25, 0.3) is 0 Å². The zero-order valence-electron chi connectivity index (χ0n) is 31.8. The Morgan fingerprint density at radius 3 is 2.20 bits per heavy atom. The second-order valence-electron chi connectivity index (χ2n) is 13.6. The van der Waals surface area contributed by atoms with Gasteiger partial charge < -0.3 is 50.1 Å². The number of hydrogen-bond acceptors (Lipinski definition) is 9. The van der Waals surface area contributed by atoms with E-state index in [1.54, 1.807) is 38.7 Å². The molecule has 4 rings (SSSR count). The number of hydrogen-bond donors (Lipinski definition) is 2. The molecule has 1 aromatic carbocycles. The van der Waals surface area contributed by atoms with Gasteiger partial charge in [0.1, 0.15) is 6.61 Å². The fourth-order valence-corrected chi connectivity index (χ4v) is 5.43. The number of rotatable bonds is 19. The number of aliphatic hydroxyl groups is 1. The van der Waals surface area contributed by atoms with Crippen molar-refractivity contribution in [2.45, 2.75) is 83.8 Å². The van der Waals surface area contributed by atoms with Gasteiger partial charge in [0, 0.05) is 84.3 Å². The van der Waals surface area contributed by atoms with Gasteiger partial charge >= 0.3 is 0 Å². The smallest absolute Gasteiger partial charge is 0.107 e. The molecule has 2 aliphatic rings. The minimum atomic E-state index is -0.500. The van der Waals surface area contributed by atoms with Gasteiger partial charge in [0.2, 0.25) is 0 Å². The Morgan fingerprint density at radius 2 is 1.63 bits per heavy atom. The fourth-order valence-electron chi connectivity index (χ4n) is 5.43. The van der Waals surface area contributed by atoms with E-state index in [0.717, 1.165) is 64.8 Å². The average Bonchev–Trinajstić information content (AvgIpc) is 3.73. The summed E-state index contributed by atoms with van der Waals surface area (Å²) in [6.07, 6.45) is 13.4. The number of unbranched alkanes of at least 4 members (excludes halogenated alkanes) is 2. The van der Waals surface area contributed by atoms with E-state index in [4.69, 9.17) is 41.6 Å². The van der Waals surface area contributed by atoms with Gasteiger partial charge in [-0.25, -0.2) is 0 Å². The Labute approximate surface area is 332 Å². The van der Waals surface area contributed by atoms with Gasteiger partial charge in [-0.05, 0) is 83.3 Å². The summed E-state index contributed by atoms with van der Waals surface area (Å²) >= 11 is 0. The molecule has 0 amide bonds. The quantitative estimate of drug-likeness (QED) is 0.113. The van der Waals surface area contributed by atoms with Crippen LogP contribution in [0.4, 0.5) is 5.82 Å². The summed E-state index contributed by atoms with van der Waals surface area (Å²) in [5.74, 6) is 3.09. The van der Waals surface area contributed by atoms with E-state index in [-0.39, 0.29) is 51.1 Å². The van der Waals surface area contributed by atoms with Crippen LogP contribution >= 0.6 is 0 Å². The van der Waals surface area contributed by atoms with Crippen molar-refractivity contribution >= 4 is 12.0 Å². The summed E-state index contributed by atoms with van der Waals surface area (Å²) in [5, 5.41) is 25.8. The van der Waals surface area contributed by atoms with Crippen LogP contribution in [0.25, 0.3) is 10.7 Å². The van der Waals surface area contributed by atoms with Crippen molar-refractivity contribution in [3.8, 4) is 12.3 Å². The molecule has 0 aliphatic carbocycles. The second kappa shape index (κ2) is 27.8. The van der Waals surface area contributed by atoms with Crippen molar-refractivity contribution in [1.29, 1.82) is 0 Å². The van der Waals surface area contributed by atoms with Crippen LogP contribution in [-0.2, 0) is 51.7 Å². The molecule has 51 heavy (non-hydrogen) atoms. The molecule has 0 bridgehead atoms. The summed E-state index contributed by atoms with van der Waals surface area (Å²) in [6, 6.07) is 10.5. The number of benzene rings is 1. The first kappa shape index (κ1) is 47.3. The summed E-state index contributed by atoms with van der Waals surface area (Å²) in [4.78, 5) is 5.06. The van der Waals surface area contributed by atoms with Gasteiger partial charge in [-0.15, -0.1) is 6.42 Å². The maximum Gasteiger partial charge on any atom is 0.107 e. The molecule has 3 atom stereocenters. The molecule has 1 aromatic heterocycles. The minimum absolute atomic E-state index is 0. The zero-order chi connectivity index (χ0) is 36.6. The van der Waals surface area contributed by atoms with Crippen LogP contribution in [0.2, 0.25) is 0 Å². The number of ether oxygens (including phenoxy) is 4. The molecule has 12 nitrogen and oxygen atoms in total. The third-order valence-electron chi connectivity index (χ3n) is 7.97. The number of aromatic nitrogens is 2. The molecule has 2 aliphatic heterocycles. The molecule has 2 aromatic rings. The molecule has 3 N–H and O–H groups in total. The summed E-state index contributed by atoms with van der Waals surface area (Å²) in [5.41, 5.74) is 7.71. The number of nitrogens with zero attached hydrogens (tertiary/aromatic N) is 6. The van der Waals surface area contributed by atoms with Crippen LogP contribution in [0.1, 0.15) is 83.2 Å². The van der Waals surface area contributed by atoms with E-state index < -0.39 is 5.60 Å². The van der Waals surface area contributed by atoms with Crippen LogP contribution in [0.15, 0.2) is 36.5 Å². The molecule has 3 unspecified atom stereocenters. The van der Waals surface area contributed by atoms with Gasteiger partial charge in [-0.3, -0.25) is 10.00 Å². The summed E-state index contributed by atoms with van der Waals surface area (Å²) in [6.45, 7) is 17.4. The van der Waals surface area contributed by atoms with Gasteiger partial charge in [-0.1, -0.05) is 43.3 Å². The van der Waals surface area contributed by atoms with Crippen LogP contribution in [0.3, 0.4) is 0 Å². The molecule has 2 fully saturated rings. The molecule has 1 radical (unpaired) electrons. The van der Waals surface area contributed by atoms with Crippen molar-refractivity contribution in [1.82, 2.24) is 19.6 Å². The fraction of sp³-hybridized carbons (Fsp3) is 0.684. The Hall–Kier alpha value is -1.76. The Balaban J connectivity index is 0.000000512. The first-order valence-corrected chi connectivity index (χ1v) is 18.0. The van der Waals surface area contributed by atoms with Crippen LogP contribution < -0.4 is 5.73 Å². The van der Waals surface area contributed by atoms with Crippen molar-refractivity contribution < 1.29 is 56.8 Å². The van der Waals surface area contributed by atoms with Crippen LogP contribution in [0.5, 0.6) is 0 Å². The van der Waals surface area contributed by atoms with E-state index in [2.05, 4.69) is 50.4 Å². The largest absolute Gasteiger partial charge is 0.810 e. The molecule has 3 heterocycles. The number of piperazine rings is 1. The average molecular weight is 787 g/mol. The van der Waals surface area contributed by atoms with Gasteiger partial charge in [-0.2, -0.15) is 6.21 Å². The molecule has 13 heteroatoms. The third-order valence-corrected chi connectivity index (χ3v) is 7.97. The standard InChI is InChI=1S/C24H39N3O3.C10H14N4O.C4H10O.Y/c1-2-16-28-18-20-30-21-19-29-17-8-4-7-11-26-12-14-27(15-13-26)22-24(25)23-9-5-3-6-10-23;1-7-3-4-9(15-7)14-10(12-2)8(5-11)6-13-14;1-4(2,3)5;/h1,3,5-6,9-10,24H,4,7-8,11-22,25H2;5-7,9H,3-4H2,1-2H3;5H,1-3H3;/q;-2;;. The molecule has 285 valence electrons. The van der Waals surface area contributed by atoms with Crippen molar-refractivity contribution in [2.75, 3.05) is 86.0 Å². The van der Waals surface area contributed by atoms with Crippen molar-refractivity contribution in [3.05, 3.63) is 58.4 Å². The van der Waals surface area contributed by atoms with E-state index >= 15 is 0 Å². The van der Waals surface area contributed by atoms with Crippen LogP contribution in [-0.4, -0.2) is 129 Å². The SMILES string of the molecule is C#CCOCCOCCOCCCCCN1CCN(CC(N)c2ccccc2)CC1.CC(C)(C)O.C[N-]c1c(C=[N-])cnn1C1CCC(C)O1.[Y]. The number of terminal acetylenes is 1. The Kier molecular flexibility index (Phi) is 25.8. The summed E-state index contributed by atoms with van der Waals surface area (Å²) < 4.78 is 23.6. The minimum Gasteiger partial charge on any atom is -0.810 e. The Morgan fingerprint density at radius 1 is 1.02 bits per heavy atom. The van der Waals surface area contributed by atoms with E-state index in [1.165, 1.54) is 24.9 Å². The molecular weight excluding hydrogens is 723 g/mol. The zero-order valence-corrected chi connectivity index (χ0v) is 34.6. The second-order valence-corrected chi connectivity index (χ2v) is 13.6. The van der Waals surface area contributed by atoms with Crippen molar-refractivity contribution in [3.63, 3.8) is 0 Å². The Bertz CT molecular complexity index is 1190. The van der Waals surface area contributed by atoms with Gasteiger partial charge in [0.05, 0.1) is 44.4 Å². The molecule has 0 spiro atoms. The van der Waals surface area contributed by atoms with E-state index in [1.807, 2.05) is 13.0 Å². The monoisotopic (exact) mass is 786 g/mol. The molecular formula is C38H63N7O5Y-2. The predicted molar refractivity (Wildman–Crippen MR) is 202 cm³/mol. The third kappa shape index (κ3) is 21.5. The maximum atomic E-state index is 8.98. The van der Waals surface area contributed by atoms with Crippen LogP contribution in [0, 0.1) is 12.3 Å². The first-order chi connectivity index (χ1) is 24.0.